The molecule has 19 heavy (non-hydrogen) atoms. The number of likely N-dealkylation sites (N-methyl/N-ethyl adjacent to an activating group) is 1. The molecule has 0 saturated heterocycles. The van der Waals surface area contributed by atoms with Crippen LogP contribution in [-0.4, -0.2) is 35.1 Å². The quantitative estimate of drug-likeness (QED) is 0.891. The van der Waals surface area contributed by atoms with Crippen molar-refractivity contribution in [2.24, 2.45) is 0 Å². The molecule has 7 heteroatoms. The zero-order valence-electron chi connectivity index (χ0n) is 10.3. The highest BCUT2D eigenvalue weighted by atomic mass is 79.9. The summed E-state index contributed by atoms with van der Waals surface area (Å²) in [6.07, 6.45) is 0. The number of amides is 2. The fourth-order valence-corrected chi connectivity index (χ4v) is 1.71. The van der Waals surface area contributed by atoms with Gasteiger partial charge in [0, 0.05) is 11.5 Å². The van der Waals surface area contributed by atoms with Crippen molar-refractivity contribution < 1.29 is 14.7 Å². The molecule has 0 spiro atoms. The Kier molecular flexibility index (Phi) is 4.89. The van der Waals surface area contributed by atoms with Gasteiger partial charge in [0.25, 0.3) is 0 Å². The summed E-state index contributed by atoms with van der Waals surface area (Å²) < 4.78 is 0.552. The summed E-state index contributed by atoms with van der Waals surface area (Å²) in [7, 11) is 1.39. The molecule has 0 aromatic heterocycles. The SMILES string of the molecule is CC(C(=O)O)N(C)C(=O)Nc1ccc(C#N)cc1Br. The van der Waals surface area contributed by atoms with Gasteiger partial charge < -0.3 is 15.3 Å². The first-order valence-corrected chi connectivity index (χ1v) is 6.12. The number of rotatable bonds is 3. The van der Waals surface area contributed by atoms with Crippen LogP contribution in [0, 0.1) is 11.3 Å². The minimum absolute atomic E-state index is 0.456. The van der Waals surface area contributed by atoms with E-state index < -0.39 is 18.0 Å². The normalized spacial score (nSPS) is 11.3. The summed E-state index contributed by atoms with van der Waals surface area (Å²) in [4.78, 5) is 23.7. The number of nitriles is 1. The van der Waals surface area contributed by atoms with Gasteiger partial charge >= 0.3 is 12.0 Å². The summed E-state index contributed by atoms with van der Waals surface area (Å²) in [5, 5.41) is 20.1. The fourth-order valence-electron chi connectivity index (χ4n) is 1.23. The van der Waals surface area contributed by atoms with E-state index in [9.17, 15) is 9.59 Å². The van der Waals surface area contributed by atoms with E-state index in [0.29, 0.717) is 15.7 Å². The van der Waals surface area contributed by atoms with E-state index in [1.165, 1.54) is 14.0 Å². The molecule has 0 aliphatic rings. The first kappa shape index (κ1) is 15.0. The number of urea groups is 1. The number of carbonyl (C=O) groups is 2. The van der Waals surface area contributed by atoms with Crippen molar-refractivity contribution in [1.82, 2.24) is 4.90 Å². The molecule has 0 aliphatic heterocycles. The maximum atomic E-state index is 11.8. The molecule has 1 aromatic rings. The molecule has 0 radical (unpaired) electrons. The van der Waals surface area contributed by atoms with Gasteiger partial charge in [0.05, 0.1) is 17.3 Å². The number of carboxylic acids is 1. The molecule has 1 rings (SSSR count). The Morgan fingerprint density at radius 3 is 2.63 bits per heavy atom. The van der Waals surface area contributed by atoms with Crippen molar-refractivity contribution in [2.75, 3.05) is 12.4 Å². The van der Waals surface area contributed by atoms with Crippen LogP contribution in [0.15, 0.2) is 22.7 Å². The maximum Gasteiger partial charge on any atom is 0.326 e. The number of benzene rings is 1. The monoisotopic (exact) mass is 325 g/mol. The van der Waals surface area contributed by atoms with Crippen molar-refractivity contribution >= 4 is 33.6 Å². The van der Waals surface area contributed by atoms with Gasteiger partial charge in [-0.3, -0.25) is 0 Å². The Morgan fingerprint density at radius 2 is 2.16 bits per heavy atom. The summed E-state index contributed by atoms with van der Waals surface area (Å²) in [6.45, 7) is 1.41. The number of carbonyl (C=O) groups excluding carboxylic acids is 1. The lowest BCUT2D eigenvalue weighted by molar-refractivity contribution is -0.141. The lowest BCUT2D eigenvalue weighted by atomic mass is 10.2. The van der Waals surface area contributed by atoms with Crippen molar-refractivity contribution in [3.8, 4) is 6.07 Å². The number of aliphatic carboxylic acids is 1. The number of anilines is 1. The minimum atomic E-state index is -1.09. The van der Waals surface area contributed by atoms with Crippen molar-refractivity contribution in [1.29, 1.82) is 5.26 Å². The van der Waals surface area contributed by atoms with E-state index in [-0.39, 0.29) is 0 Å². The second kappa shape index (κ2) is 6.20. The van der Waals surface area contributed by atoms with E-state index >= 15 is 0 Å². The molecule has 6 nitrogen and oxygen atoms in total. The molecule has 0 fully saturated rings. The number of nitrogens with zero attached hydrogens (tertiary/aromatic N) is 2. The highest BCUT2D eigenvalue weighted by Crippen LogP contribution is 2.23. The van der Waals surface area contributed by atoms with E-state index in [1.807, 2.05) is 6.07 Å². The van der Waals surface area contributed by atoms with Crippen LogP contribution in [0.25, 0.3) is 0 Å². The topological polar surface area (TPSA) is 93.4 Å². The summed E-state index contributed by atoms with van der Waals surface area (Å²) in [5.41, 5.74) is 0.922. The molecular weight excluding hydrogens is 314 g/mol. The third kappa shape index (κ3) is 3.69. The van der Waals surface area contributed by atoms with Crippen LogP contribution >= 0.6 is 15.9 Å². The molecule has 2 N–H and O–H groups in total. The van der Waals surface area contributed by atoms with Crippen LogP contribution in [0.1, 0.15) is 12.5 Å². The number of halogens is 1. The zero-order chi connectivity index (χ0) is 14.6. The fraction of sp³-hybridized carbons (Fsp3) is 0.250. The van der Waals surface area contributed by atoms with E-state index in [2.05, 4.69) is 21.2 Å². The van der Waals surface area contributed by atoms with Crippen molar-refractivity contribution in [2.45, 2.75) is 13.0 Å². The third-order valence-electron chi connectivity index (χ3n) is 2.60. The van der Waals surface area contributed by atoms with E-state index in [0.717, 1.165) is 4.90 Å². The lowest BCUT2D eigenvalue weighted by Gasteiger charge is -2.22. The van der Waals surface area contributed by atoms with Gasteiger partial charge in [0.2, 0.25) is 0 Å². The first-order chi connectivity index (χ1) is 8.86. The van der Waals surface area contributed by atoms with Crippen molar-refractivity contribution in [3.63, 3.8) is 0 Å². The number of carboxylic acid groups (broad SMARTS) is 1. The van der Waals surface area contributed by atoms with Gasteiger partial charge in [-0.2, -0.15) is 5.26 Å². The molecule has 1 unspecified atom stereocenters. The standard InChI is InChI=1S/C12H12BrN3O3/c1-7(11(17)18)16(2)12(19)15-10-4-3-8(6-14)5-9(10)13/h3-5,7H,1-2H3,(H,15,19)(H,17,18). The molecule has 0 bridgehead atoms. The number of hydrogen-bond donors (Lipinski definition) is 2. The second-order valence-corrected chi connectivity index (χ2v) is 4.72. The Hall–Kier alpha value is -2.07. The minimum Gasteiger partial charge on any atom is -0.480 e. The zero-order valence-corrected chi connectivity index (χ0v) is 11.9. The van der Waals surface area contributed by atoms with Crippen LogP contribution in [0.5, 0.6) is 0 Å². The molecule has 0 heterocycles. The predicted molar refractivity (Wildman–Crippen MR) is 72.7 cm³/mol. The van der Waals surface area contributed by atoms with Crippen LogP contribution in [0.3, 0.4) is 0 Å². The van der Waals surface area contributed by atoms with Gasteiger partial charge in [-0.05, 0) is 41.1 Å². The Labute approximate surface area is 118 Å². The highest BCUT2D eigenvalue weighted by Gasteiger charge is 2.22. The predicted octanol–water partition coefficient (Wildman–Crippen LogP) is 2.26. The van der Waals surface area contributed by atoms with Gasteiger partial charge in [-0.15, -0.1) is 0 Å². The molecule has 2 amide bonds. The van der Waals surface area contributed by atoms with Gasteiger partial charge in [-0.25, -0.2) is 9.59 Å². The summed E-state index contributed by atoms with van der Waals surface area (Å²) >= 11 is 3.23. The maximum absolute atomic E-state index is 11.8. The molecule has 1 atom stereocenters. The van der Waals surface area contributed by atoms with E-state index in [4.69, 9.17) is 10.4 Å². The van der Waals surface area contributed by atoms with Gasteiger partial charge in [-0.1, -0.05) is 0 Å². The van der Waals surface area contributed by atoms with E-state index in [1.54, 1.807) is 18.2 Å². The Bertz CT molecular complexity index is 554. The average Bonchev–Trinajstić information content (AvgIpc) is 2.38. The van der Waals surface area contributed by atoms with Crippen LogP contribution < -0.4 is 5.32 Å². The smallest absolute Gasteiger partial charge is 0.326 e. The van der Waals surface area contributed by atoms with Crippen LogP contribution in [-0.2, 0) is 4.79 Å². The first-order valence-electron chi connectivity index (χ1n) is 5.33. The van der Waals surface area contributed by atoms with Crippen LogP contribution in [0.2, 0.25) is 0 Å². The number of hydrogen-bond acceptors (Lipinski definition) is 3. The number of nitrogens with one attached hydrogen (secondary N) is 1. The Balaban J connectivity index is 2.83. The largest absolute Gasteiger partial charge is 0.480 e. The summed E-state index contributed by atoms with van der Waals surface area (Å²) in [6, 6.07) is 5.19. The Morgan fingerprint density at radius 1 is 1.53 bits per heavy atom. The lowest BCUT2D eigenvalue weighted by Crippen LogP contribution is -2.42. The third-order valence-corrected chi connectivity index (χ3v) is 3.25. The average molecular weight is 326 g/mol. The molecule has 1 aromatic carbocycles. The van der Waals surface area contributed by atoms with Crippen molar-refractivity contribution in [3.05, 3.63) is 28.2 Å². The molecule has 0 saturated carbocycles. The van der Waals surface area contributed by atoms with Crippen LogP contribution in [0.4, 0.5) is 10.5 Å². The summed E-state index contributed by atoms with van der Waals surface area (Å²) in [5.74, 6) is -1.09. The second-order valence-electron chi connectivity index (χ2n) is 3.86. The molecule has 0 aliphatic carbocycles. The van der Waals surface area contributed by atoms with Gasteiger partial charge in [0.1, 0.15) is 6.04 Å². The molecule has 100 valence electrons. The molecular formula is C12H12BrN3O3. The van der Waals surface area contributed by atoms with Gasteiger partial charge in [0.15, 0.2) is 0 Å². The highest BCUT2D eigenvalue weighted by molar-refractivity contribution is 9.10.